The quantitative estimate of drug-likeness (QED) is 0.798. The molecular weight excluding hydrogens is 346 g/mol. The predicted molar refractivity (Wildman–Crippen MR) is 104 cm³/mol. The molecule has 27 heavy (non-hydrogen) atoms. The summed E-state index contributed by atoms with van der Waals surface area (Å²) in [5.74, 6) is -1.03. The third kappa shape index (κ3) is 4.59. The summed E-state index contributed by atoms with van der Waals surface area (Å²) in [4.78, 5) is 40.3. The Labute approximate surface area is 160 Å². The number of nitrogens with one attached hydrogen (secondary N) is 1. The summed E-state index contributed by atoms with van der Waals surface area (Å²) in [5, 5.41) is 12.1. The second kappa shape index (κ2) is 8.41. The SMILES string of the molecule is CCCN(C(=O)c1ccccc1NC(=O)N1CCC(C)(C(=O)O)C1)C(C)C. The van der Waals surface area contributed by atoms with Crippen LogP contribution in [-0.4, -0.2) is 58.5 Å². The van der Waals surface area contributed by atoms with Gasteiger partial charge in [0.25, 0.3) is 5.91 Å². The molecule has 0 saturated carbocycles. The lowest BCUT2D eigenvalue weighted by atomic mass is 9.90. The highest BCUT2D eigenvalue weighted by molar-refractivity contribution is 6.03. The van der Waals surface area contributed by atoms with Crippen molar-refractivity contribution < 1.29 is 19.5 Å². The molecule has 7 heteroatoms. The molecule has 0 radical (unpaired) electrons. The Morgan fingerprint density at radius 3 is 2.52 bits per heavy atom. The highest BCUT2D eigenvalue weighted by atomic mass is 16.4. The van der Waals surface area contributed by atoms with E-state index in [-0.39, 0.29) is 24.5 Å². The van der Waals surface area contributed by atoms with E-state index >= 15 is 0 Å². The number of amides is 3. The maximum Gasteiger partial charge on any atom is 0.321 e. The van der Waals surface area contributed by atoms with Crippen LogP contribution in [0.25, 0.3) is 0 Å². The Morgan fingerprint density at radius 1 is 1.30 bits per heavy atom. The van der Waals surface area contributed by atoms with E-state index < -0.39 is 11.4 Å². The van der Waals surface area contributed by atoms with Crippen LogP contribution in [-0.2, 0) is 4.79 Å². The minimum Gasteiger partial charge on any atom is -0.481 e. The molecule has 1 aromatic rings. The summed E-state index contributed by atoms with van der Waals surface area (Å²) in [6.45, 7) is 8.75. The van der Waals surface area contributed by atoms with Gasteiger partial charge in [-0.15, -0.1) is 0 Å². The fourth-order valence-electron chi connectivity index (χ4n) is 3.27. The molecule has 2 N–H and O–H groups in total. The van der Waals surface area contributed by atoms with E-state index in [1.165, 1.54) is 4.90 Å². The monoisotopic (exact) mass is 375 g/mol. The maximum absolute atomic E-state index is 13.0. The molecule has 1 saturated heterocycles. The normalized spacial score (nSPS) is 19.2. The first-order valence-corrected chi connectivity index (χ1v) is 9.39. The fraction of sp³-hybridized carbons (Fsp3) is 0.550. The fourth-order valence-corrected chi connectivity index (χ4v) is 3.27. The van der Waals surface area contributed by atoms with Gasteiger partial charge in [0.05, 0.1) is 16.7 Å². The van der Waals surface area contributed by atoms with Crippen LogP contribution in [0.3, 0.4) is 0 Å². The van der Waals surface area contributed by atoms with Crippen LogP contribution >= 0.6 is 0 Å². The average molecular weight is 375 g/mol. The standard InChI is InChI=1S/C20H29N3O4/c1-5-11-23(14(2)3)17(24)15-8-6-7-9-16(15)21-19(27)22-12-10-20(4,13-22)18(25)26/h6-9,14H,5,10-13H2,1-4H3,(H,21,27)(H,25,26). The van der Waals surface area contributed by atoms with Crippen LogP contribution in [0.15, 0.2) is 24.3 Å². The molecule has 1 unspecified atom stereocenters. The summed E-state index contributed by atoms with van der Waals surface area (Å²) in [5.41, 5.74) is -0.0474. The lowest BCUT2D eigenvalue weighted by Gasteiger charge is -2.27. The number of anilines is 1. The van der Waals surface area contributed by atoms with Crippen molar-refractivity contribution in [3.8, 4) is 0 Å². The Morgan fingerprint density at radius 2 is 1.96 bits per heavy atom. The molecule has 7 nitrogen and oxygen atoms in total. The molecule has 0 spiro atoms. The second-order valence-corrected chi connectivity index (χ2v) is 7.61. The first-order chi connectivity index (χ1) is 12.7. The van der Waals surface area contributed by atoms with Crippen molar-refractivity contribution in [1.29, 1.82) is 0 Å². The van der Waals surface area contributed by atoms with Crippen LogP contribution < -0.4 is 5.32 Å². The average Bonchev–Trinajstić information content (AvgIpc) is 3.03. The third-order valence-corrected chi connectivity index (χ3v) is 5.02. The predicted octanol–water partition coefficient (Wildman–Crippen LogP) is 3.28. The minimum atomic E-state index is -0.928. The summed E-state index contributed by atoms with van der Waals surface area (Å²) in [6.07, 6.45) is 1.26. The van der Waals surface area contributed by atoms with Crippen molar-refractivity contribution in [2.75, 3.05) is 25.0 Å². The van der Waals surface area contributed by atoms with Gasteiger partial charge >= 0.3 is 12.0 Å². The highest BCUT2D eigenvalue weighted by Crippen LogP contribution is 2.30. The largest absolute Gasteiger partial charge is 0.481 e. The van der Waals surface area contributed by atoms with Crippen LogP contribution in [0.2, 0.25) is 0 Å². The zero-order valence-corrected chi connectivity index (χ0v) is 16.5. The van der Waals surface area contributed by atoms with Crippen molar-refractivity contribution in [2.24, 2.45) is 5.41 Å². The lowest BCUT2D eigenvalue weighted by molar-refractivity contribution is -0.146. The summed E-state index contributed by atoms with van der Waals surface area (Å²) in [6, 6.07) is 6.60. The van der Waals surface area contributed by atoms with Crippen LogP contribution in [0.1, 0.15) is 50.9 Å². The molecule has 0 bridgehead atoms. The van der Waals surface area contributed by atoms with Crippen molar-refractivity contribution in [3.05, 3.63) is 29.8 Å². The Bertz CT molecular complexity index is 719. The molecule has 148 valence electrons. The molecule has 1 aromatic carbocycles. The van der Waals surface area contributed by atoms with Gasteiger partial charge in [0.2, 0.25) is 0 Å². The molecule has 1 aliphatic heterocycles. The number of carbonyl (C=O) groups is 3. The first-order valence-electron chi connectivity index (χ1n) is 9.39. The molecule has 0 aliphatic carbocycles. The van der Waals surface area contributed by atoms with E-state index in [0.717, 1.165) is 6.42 Å². The number of aliphatic carboxylic acids is 1. The summed E-state index contributed by atoms with van der Waals surface area (Å²) < 4.78 is 0. The smallest absolute Gasteiger partial charge is 0.321 e. The van der Waals surface area contributed by atoms with Gasteiger partial charge in [-0.2, -0.15) is 0 Å². The van der Waals surface area contributed by atoms with Gasteiger partial charge in [-0.25, -0.2) is 4.79 Å². The van der Waals surface area contributed by atoms with E-state index in [2.05, 4.69) is 5.32 Å². The molecule has 1 aliphatic rings. The lowest BCUT2D eigenvalue weighted by Crippen LogP contribution is -2.39. The van der Waals surface area contributed by atoms with Crippen LogP contribution in [0.4, 0.5) is 10.5 Å². The van der Waals surface area contributed by atoms with Crippen molar-refractivity contribution in [3.63, 3.8) is 0 Å². The van der Waals surface area contributed by atoms with Gasteiger partial charge in [0.15, 0.2) is 0 Å². The number of nitrogens with zero attached hydrogens (tertiary/aromatic N) is 2. The number of benzene rings is 1. The number of carboxylic acids is 1. The number of para-hydroxylation sites is 1. The Hall–Kier alpha value is -2.57. The molecule has 1 heterocycles. The van der Waals surface area contributed by atoms with Gasteiger partial charge in [-0.3, -0.25) is 9.59 Å². The molecule has 0 aromatic heterocycles. The van der Waals surface area contributed by atoms with E-state index in [9.17, 15) is 19.5 Å². The summed E-state index contributed by atoms with van der Waals surface area (Å²) >= 11 is 0. The van der Waals surface area contributed by atoms with Gasteiger partial charge < -0.3 is 20.2 Å². The van der Waals surface area contributed by atoms with Gasteiger partial charge in [0.1, 0.15) is 0 Å². The molecular formula is C20H29N3O4. The maximum atomic E-state index is 13.0. The van der Waals surface area contributed by atoms with Gasteiger partial charge in [0, 0.05) is 25.7 Å². The van der Waals surface area contributed by atoms with Crippen molar-refractivity contribution in [2.45, 2.75) is 46.6 Å². The molecule has 1 fully saturated rings. The second-order valence-electron chi connectivity index (χ2n) is 7.61. The summed E-state index contributed by atoms with van der Waals surface area (Å²) in [7, 11) is 0. The van der Waals surface area contributed by atoms with Crippen molar-refractivity contribution >= 4 is 23.6 Å². The number of hydrogen-bond acceptors (Lipinski definition) is 3. The number of likely N-dealkylation sites (tertiary alicyclic amines) is 1. The zero-order chi connectivity index (χ0) is 20.2. The third-order valence-electron chi connectivity index (χ3n) is 5.02. The number of urea groups is 1. The van der Waals surface area contributed by atoms with Gasteiger partial charge in [-0.1, -0.05) is 19.1 Å². The number of rotatable bonds is 6. The number of carboxylic acid groups (broad SMARTS) is 1. The first kappa shape index (κ1) is 20.7. The van der Waals surface area contributed by atoms with E-state index in [1.54, 1.807) is 36.1 Å². The van der Waals surface area contributed by atoms with Crippen LogP contribution in [0.5, 0.6) is 0 Å². The van der Waals surface area contributed by atoms with Gasteiger partial charge in [-0.05, 0) is 45.7 Å². The van der Waals surface area contributed by atoms with E-state index in [4.69, 9.17) is 0 Å². The minimum absolute atomic E-state index is 0.0519. The van der Waals surface area contributed by atoms with Crippen molar-refractivity contribution in [1.82, 2.24) is 9.80 Å². The molecule has 3 amide bonds. The zero-order valence-electron chi connectivity index (χ0n) is 16.5. The number of carbonyl (C=O) groups excluding carboxylic acids is 2. The number of hydrogen-bond donors (Lipinski definition) is 2. The Kier molecular flexibility index (Phi) is 6.46. The van der Waals surface area contributed by atoms with Crippen LogP contribution in [0, 0.1) is 5.41 Å². The highest BCUT2D eigenvalue weighted by Gasteiger charge is 2.42. The van der Waals surface area contributed by atoms with E-state index in [0.29, 0.717) is 30.8 Å². The Balaban J connectivity index is 2.17. The molecule has 2 rings (SSSR count). The topological polar surface area (TPSA) is 90.0 Å². The molecule has 1 atom stereocenters. The van der Waals surface area contributed by atoms with E-state index in [1.807, 2.05) is 20.8 Å².